The lowest BCUT2D eigenvalue weighted by Gasteiger charge is -2.17. The summed E-state index contributed by atoms with van der Waals surface area (Å²) >= 11 is 0. The van der Waals surface area contributed by atoms with Crippen molar-refractivity contribution in [3.63, 3.8) is 0 Å². The van der Waals surface area contributed by atoms with Gasteiger partial charge in [0.25, 0.3) is 5.69 Å². The molecule has 0 heterocycles. The summed E-state index contributed by atoms with van der Waals surface area (Å²) in [4.78, 5) is 23.9. The highest BCUT2D eigenvalue weighted by molar-refractivity contribution is 5.78. The fourth-order valence-corrected chi connectivity index (χ4v) is 2.15. The lowest BCUT2D eigenvalue weighted by molar-refractivity contribution is -0.384. The van der Waals surface area contributed by atoms with Crippen LogP contribution in [-0.2, 0) is 17.8 Å². The average molecular weight is 309 g/mol. The Morgan fingerprint density at radius 2 is 1.91 bits per heavy atom. The van der Waals surface area contributed by atoms with Crippen molar-refractivity contribution in [2.24, 2.45) is 0 Å². The molecule has 0 N–H and O–H groups in total. The summed E-state index contributed by atoms with van der Waals surface area (Å²) in [5, 5.41) is 19.5. The number of nitro benzene ring substituents is 1. The Hall–Kier alpha value is -3.20. The van der Waals surface area contributed by atoms with Gasteiger partial charge in [0.2, 0.25) is 5.91 Å². The first kappa shape index (κ1) is 16.2. The number of non-ortho nitro benzene ring substituents is 1. The van der Waals surface area contributed by atoms with Crippen LogP contribution in [0.25, 0.3) is 0 Å². The molecule has 0 spiro atoms. The number of amides is 1. The van der Waals surface area contributed by atoms with Crippen molar-refractivity contribution in [2.75, 3.05) is 7.05 Å². The molecule has 6 nitrogen and oxygen atoms in total. The van der Waals surface area contributed by atoms with Crippen molar-refractivity contribution in [2.45, 2.75) is 13.0 Å². The number of hydrogen-bond acceptors (Lipinski definition) is 4. The Balaban J connectivity index is 1.99. The van der Waals surface area contributed by atoms with Gasteiger partial charge in [-0.3, -0.25) is 14.9 Å². The van der Waals surface area contributed by atoms with Crippen LogP contribution in [0.2, 0.25) is 0 Å². The molecule has 2 rings (SSSR count). The number of hydrogen-bond donors (Lipinski definition) is 0. The number of nitrogens with zero attached hydrogens (tertiary/aromatic N) is 3. The monoisotopic (exact) mass is 309 g/mol. The van der Waals surface area contributed by atoms with Gasteiger partial charge in [0, 0.05) is 25.7 Å². The zero-order chi connectivity index (χ0) is 16.8. The molecule has 0 fully saturated rings. The first-order valence-corrected chi connectivity index (χ1v) is 6.96. The summed E-state index contributed by atoms with van der Waals surface area (Å²) in [7, 11) is 1.69. The fourth-order valence-electron chi connectivity index (χ4n) is 2.15. The summed E-state index contributed by atoms with van der Waals surface area (Å²) in [6, 6.07) is 15.1. The predicted molar refractivity (Wildman–Crippen MR) is 84.4 cm³/mol. The Morgan fingerprint density at radius 3 is 2.52 bits per heavy atom. The zero-order valence-electron chi connectivity index (χ0n) is 12.6. The highest BCUT2D eigenvalue weighted by Crippen LogP contribution is 2.13. The third-order valence-corrected chi connectivity index (χ3v) is 3.40. The largest absolute Gasteiger partial charge is 0.341 e. The predicted octanol–water partition coefficient (Wildman–Crippen LogP) is 2.67. The molecule has 0 atom stereocenters. The first-order valence-electron chi connectivity index (χ1n) is 6.96. The van der Waals surface area contributed by atoms with Gasteiger partial charge in [-0.15, -0.1) is 0 Å². The van der Waals surface area contributed by atoms with E-state index in [2.05, 4.69) is 6.07 Å². The molecule has 116 valence electrons. The molecule has 2 aromatic rings. The summed E-state index contributed by atoms with van der Waals surface area (Å²) in [5.74, 6) is -0.0961. The van der Waals surface area contributed by atoms with E-state index in [9.17, 15) is 14.9 Å². The van der Waals surface area contributed by atoms with Crippen LogP contribution in [-0.4, -0.2) is 22.8 Å². The summed E-state index contributed by atoms with van der Waals surface area (Å²) < 4.78 is 0. The van der Waals surface area contributed by atoms with Gasteiger partial charge in [0.1, 0.15) is 0 Å². The minimum Gasteiger partial charge on any atom is -0.341 e. The van der Waals surface area contributed by atoms with Gasteiger partial charge in [0.15, 0.2) is 0 Å². The smallest absolute Gasteiger partial charge is 0.269 e. The van der Waals surface area contributed by atoms with Crippen LogP contribution in [0, 0.1) is 21.4 Å². The van der Waals surface area contributed by atoms with E-state index < -0.39 is 4.92 Å². The molecule has 0 aliphatic rings. The minimum absolute atomic E-state index is 0.00266. The third kappa shape index (κ3) is 4.38. The number of likely N-dealkylation sites (N-methyl/N-ethyl adjacent to an activating group) is 1. The van der Waals surface area contributed by atoms with Crippen molar-refractivity contribution in [3.05, 3.63) is 75.3 Å². The molecule has 0 saturated heterocycles. The van der Waals surface area contributed by atoms with Gasteiger partial charge in [-0.1, -0.05) is 24.3 Å². The van der Waals surface area contributed by atoms with Gasteiger partial charge in [-0.25, -0.2) is 0 Å². The van der Waals surface area contributed by atoms with Crippen molar-refractivity contribution in [1.82, 2.24) is 4.90 Å². The van der Waals surface area contributed by atoms with Gasteiger partial charge in [-0.05, 0) is 23.3 Å². The molecule has 0 unspecified atom stereocenters. The Morgan fingerprint density at radius 1 is 1.22 bits per heavy atom. The number of rotatable bonds is 5. The molecule has 0 aliphatic heterocycles. The number of nitro groups is 1. The summed E-state index contributed by atoms with van der Waals surface area (Å²) in [6.45, 7) is 0.404. The lowest BCUT2D eigenvalue weighted by Crippen LogP contribution is -2.27. The van der Waals surface area contributed by atoms with Crippen LogP contribution >= 0.6 is 0 Å². The van der Waals surface area contributed by atoms with Crippen molar-refractivity contribution in [3.8, 4) is 6.07 Å². The average Bonchev–Trinajstić information content (AvgIpc) is 2.55. The normalized spacial score (nSPS) is 9.91. The summed E-state index contributed by atoms with van der Waals surface area (Å²) in [5.41, 5.74) is 2.16. The SMILES string of the molecule is CN(Cc1cccc(C#N)c1)C(=O)Cc1ccc([N+](=O)[O-])cc1. The van der Waals surface area contributed by atoms with Crippen LogP contribution in [0.1, 0.15) is 16.7 Å². The highest BCUT2D eigenvalue weighted by atomic mass is 16.6. The van der Waals surface area contributed by atoms with Crippen LogP contribution in [0.4, 0.5) is 5.69 Å². The van der Waals surface area contributed by atoms with E-state index in [1.54, 1.807) is 42.3 Å². The number of nitriles is 1. The Labute approximate surface area is 133 Å². The van der Waals surface area contributed by atoms with Crippen LogP contribution in [0.5, 0.6) is 0 Å². The lowest BCUT2D eigenvalue weighted by atomic mass is 10.1. The molecular weight excluding hydrogens is 294 g/mol. The molecule has 0 aromatic heterocycles. The van der Waals surface area contributed by atoms with E-state index in [0.29, 0.717) is 12.1 Å². The second-order valence-corrected chi connectivity index (χ2v) is 5.16. The maximum Gasteiger partial charge on any atom is 0.269 e. The molecule has 0 bridgehead atoms. The molecule has 1 amide bonds. The van der Waals surface area contributed by atoms with Gasteiger partial charge in [-0.2, -0.15) is 5.26 Å². The first-order chi connectivity index (χ1) is 11.0. The van der Waals surface area contributed by atoms with Crippen LogP contribution in [0.3, 0.4) is 0 Å². The van der Waals surface area contributed by atoms with E-state index >= 15 is 0 Å². The standard InChI is InChI=1S/C17H15N3O3/c1-19(12-15-4-2-3-14(9-15)11-18)17(21)10-13-5-7-16(8-6-13)20(22)23/h2-9H,10,12H2,1H3. The molecule has 0 saturated carbocycles. The van der Waals surface area contributed by atoms with Gasteiger partial charge >= 0.3 is 0 Å². The number of carbonyl (C=O) groups is 1. The van der Waals surface area contributed by atoms with E-state index in [0.717, 1.165) is 11.1 Å². The highest BCUT2D eigenvalue weighted by Gasteiger charge is 2.12. The maximum atomic E-state index is 12.2. The van der Waals surface area contributed by atoms with Crippen molar-refractivity contribution < 1.29 is 9.72 Å². The second-order valence-electron chi connectivity index (χ2n) is 5.16. The van der Waals surface area contributed by atoms with E-state index in [4.69, 9.17) is 5.26 Å². The number of benzene rings is 2. The minimum atomic E-state index is -0.472. The van der Waals surface area contributed by atoms with Crippen molar-refractivity contribution in [1.29, 1.82) is 5.26 Å². The molecular formula is C17H15N3O3. The second kappa shape index (κ2) is 7.18. The molecule has 0 radical (unpaired) electrons. The number of carbonyl (C=O) groups excluding carboxylic acids is 1. The van der Waals surface area contributed by atoms with E-state index in [-0.39, 0.29) is 18.0 Å². The fraction of sp³-hybridized carbons (Fsp3) is 0.176. The van der Waals surface area contributed by atoms with Crippen LogP contribution < -0.4 is 0 Å². The van der Waals surface area contributed by atoms with Gasteiger partial charge in [0.05, 0.1) is 23.0 Å². The maximum absolute atomic E-state index is 12.2. The molecule has 0 aliphatic carbocycles. The third-order valence-electron chi connectivity index (χ3n) is 3.40. The Bertz CT molecular complexity index is 763. The van der Waals surface area contributed by atoms with Crippen LogP contribution in [0.15, 0.2) is 48.5 Å². The molecule has 6 heteroatoms. The summed E-state index contributed by atoms with van der Waals surface area (Å²) in [6.07, 6.45) is 0.173. The Kier molecular flexibility index (Phi) is 5.05. The van der Waals surface area contributed by atoms with Gasteiger partial charge < -0.3 is 4.90 Å². The zero-order valence-corrected chi connectivity index (χ0v) is 12.6. The topological polar surface area (TPSA) is 87.2 Å². The quantitative estimate of drug-likeness (QED) is 0.627. The van der Waals surface area contributed by atoms with E-state index in [1.165, 1.54) is 12.1 Å². The molecule has 2 aromatic carbocycles. The molecule has 23 heavy (non-hydrogen) atoms. The van der Waals surface area contributed by atoms with E-state index in [1.807, 2.05) is 6.07 Å². The van der Waals surface area contributed by atoms with Crippen molar-refractivity contribution >= 4 is 11.6 Å².